The van der Waals surface area contributed by atoms with E-state index in [2.05, 4.69) is 5.32 Å². The van der Waals surface area contributed by atoms with Crippen molar-refractivity contribution < 1.29 is 13.9 Å². The summed E-state index contributed by atoms with van der Waals surface area (Å²) >= 11 is 15.0. The summed E-state index contributed by atoms with van der Waals surface area (Å²) in [6, 6.07) is 32.4. The van der Waals surface area contributed by atoms with Crippen molar-refractivity contribution in [2.75, 3.05) is 6.61 Å². The summed E-state index contributed by atoms with van der Waals surface area (Å²) < 4.78 is 21.5. The molecule has 9 heteroatoms. The van der Waals surface area contributed by atoms with E-state index >= 15 is 0 Å². The standard InChI is InChI=1S/C29H24Cl2NO3PS2/c1-2-35-36(34,24-11-7-4-8-12-24)28(32-27(33)21-9-5-3-6-10-21)29(37-25-17-13-22(30)14-18-25)38-26-19-15-23(31)16-20-26/h3-20H,2H2,1H3,(H,32,33)/t36-/m0/s1. The lowest BCUT2D eigenvalue weighted by Crippen LogP contribution is -2.27. The van der Waals surface area contributed by atoms with Crippen LogP contribution < -0.4 is 10.6 Å². The average molecular weight is 601 g/mol. The van der Waals surface area contributed by atoms with Crippen LogP contribution in [0.15, 0.2) is 129 Å². The van der Waals surface area contributed by atoms with Crippen LogP contribution in [0.2, 0.25) is 10.0 Å². The van der Waals surface area contributed by atoms with E-state index in [-0.39, 0.29) is 18.0 Å². The number of amides is 1. The normalized spacial score (nSPS) is 12.4. The first kappa shape index (κ1) is 28.6. The smallest absolute Gasteiger partial charge is 0.278 e. The topological polar surface area (TPSA) is 55.4 Å². The molecule has 0 heterocycles. The summed E-state index contributed by atoms with van der Waals surface area (Å²) in [4.78, 5) is 15.2. The van der Waals surface area contributed by atoms with E-state index in [1.54, 1.807) is 79.7 Å². The Hall–Kier alpha value is -2.44. The first-order chi connectivity index (χ1) is 18.4. The molecule has 38 heavy (non-hydrogen) atoms. The van der Waals surface area contributed by atoms with Crippen LogP contribution in [0.25, 0.3) is 0 Å². The Kier molecular flexibility index (Phi) is 10.2. The zero-order valence-electron chi connectivity index (χ0n) is 20.3. The monoisotopic (exact) mass is 599 g/mol. The van der Waals surface area contributed by atoms with Crippen molar-refractivity contribution in [2.24, 2.45) is 0 Å². The molecule has 0 saturated carbocycles. The molecule has 1 amide bonds. The molecule has 1 N–H and O–H groups in total. The van der Waals surface area contributed by atoms with Gasteiger partial charge in [0.1, 0.15) is 5.44 Å². The minimum absolute atomic E-state index is 0.182. The summed E-state index contributed by atoms with van der Waals surface area (Å²) in [6.45, 7) is 1.96. The van der Waals surface area contributed by atoms with Gasteiger partial charge in [0.15, 0.2) is 0 Å². The molecule has 0 spiro atoms. The third kappa shape index (κ3) is 7.35. The van der Waals surface area contributed by atoms with E-state index in [0.29, 0.717) is 25.2 Å². The second kappa shape index (κ2) is 13.6. The Morgan fingerprint density at radius 1 is 0.763 bits per heavy atom. The summed E-state index contributed by atoms with van der Waals surface area (Å²) in [5.74, 6) is -0.387. The van der Waals surface area contributed by atoms with Gasteiger partial charge in [-0.3, -0.25) is 9.36 Å². The maximum absolute atomic E-state index is 14.8. The predicted molar refractivity (Wildman–Crippen MR) is 161 cm³/mol. The lowest BCUT2D eigenvalue weighted by atomic mass is 10.2. The summed E-state index contributed by atoms with van der Waals surface area (Å²) in [5.41, 5.74) is 0.646. The molecule has 0 bridgehead atoms. The van der Waals surface area contributed by atoms with Crippen molar-refractivity contribution in [3.63, 3.8) is 0 Å². The number of rotatable bonds is 10. The summed E-state index contributed by atoms with van der Waals surface area (Å²) in [5, 5.41) is 4.67. The van der Waals surface area contributed by atoms with Crippen LogP contribution in [-0.2, 0) is 9.09 Å². The van der Waals surface area contributed by atoms with E-state index in [1.165, 1.54) is 23.5 Å². The van der Waals surface area contributed by atoms with E-state index < -0.39 is 7.37 Å². The Balaban J connectivity index is 1.92. The van der Waals surface area contributed by atoms with Crippen LogP contribution in [-0.4, -0.2) is 12.5 Å². The van der Waals surface area contributed by atoms with Gasteiger partial charge in [-0.05, 0) is 79.7 Å². The maximum atomic E-state index is 14.8. The van der Waals surface area contributed by atoms with Crippen LogP contribution in [0.5, 0.6) is 0 Å². The average Bonchev–Trinajstić information content (AvgIpc) is 2.94. The molecule has 1 atom stereocenters. The van der Waals surface area contributed by atoms with E-state index in [4.69, 9.17) is 27.7 Å². The predicted octanol–water partition coefficient (Wildman–Crippen LogP) is 9.07. The van der Waals surface area contributed by atoms with E-state index in [9.17, 15) is 9.36 Å². The largest absolute Gasteiger partial charge is 0.321 e. The first-order valence-electron chi connectivity index (χ1n) is 11.7. The summed E-state index contributed by atoms with van der Waals surface area (Å²) in [6.07, 6.45) is 0. The van der Waals surface area contributed by atoms with Crippen LogP contribution in [0.4, 0.5) is 0 Å². The molecular formula is C29H24Cl2NO3PS2. The highest BCUT2D eigenvalue weighted by Gasteiger charge is 2.36. The Morgan fingerprint density at radius 3 is 1.71 bits per heavy atom. The first-order valence-corrected chi connectivity index (χ1v) is 15.7. The second-order valence-electron chi connectivity index (χ2n) is 7.87. The van der Waals surface area contributed by atoms with Gasteiger partial charge >= 0.3 is 0 Å². The Labute approximate surface area is 241 Å². The van der Waals surface area contributed by atoms with Crippen molar-refractivity contribution in [3.8, 4) is 0 Å². The lowest BCUT2D eigenvalue weighted by Gasteiger charge is -2.25. The molecule has 4 nitrogen and oxygen atoms in total. The number of thioether (sulfide) groups is 2. The molecule has 4 aromatic rings. The van der Waals surface area contributed by atoms with E-state index in [0.717, 1.165) is 9.79 Å². The lowest BCUT2D eigenvalue weighted by molar-refractivity contribution is 0.0967. The molecule has 0 unspecified atom stereocenters. The second-order valence-corrected chi connectivity index (χ2v) is 13.5. The maximum Gasteiger partial charge on any atom is 0.278 e. The quantitative estimate of drug-likeness (QED) is 0.145. The minimum Gasteiger partial charge on any atom is -0.321 e. The van der Waals surface area contributed by atoms with Gasteiger partial charge in [0, 0.05) is 30.7 Å². The molecule has 0 fully saturated rings. The van der Waals surface area contributed by atoms with Crippen molar-refractivity contribution in [1.29, 1.82) is 0 Å². The van der Waals surface area contributed by atoms with Gasteiger partial charge in [-0.25, -0.2) is 0 Å². The van der Waals surface area contributed by atoms with Gasteiger partial charge < -0.3 is 9.84 Å². The molecular weight excluding hydrogens is 576 g/mol. The van der Waals surface area contributed by atoms with Crippen LogP contribution in [0, 0.1) is 0 Å². The highest BCUT2D eigenvalue weighted by Crippen LogP contribution is 2.58. The number of halogens is 2. The van der Waals surface area contributed by atoms with Gasteiger partial charge in [0.2, 0.25) is 0 Å². The van der Waals surface area contributed by atoms with Crippen LogP contribution >= 0.6 is 54.1 Å². The molecule has 0 saturated heterocycles. The van der Waals surface area contributed by atoms with Crippen LogP contribution in [0.3, 0.4) is 0 Å². The van der Waals surface area contributed by atoms with Gasteiger partial charge in [0.05, 0.1) is 10.8 Å². The molecule has 0 aromatic heterocycles. The minimum atomic E-state index is -3.75. The highest BCUT2D eigenvalue weighted by atomic mass is 35.5. The fourth-order valence-electron chi connectivity index (χ4n) is 3.43. The number of hydrogen-bond acceptors (Lipinski definition) is 5. The fraction of sp³-hybridized carbons (Fsp3) is 0.0690. The zero-order valence-corrected chi connectivity index (χ0v) is 24.4. The van der Waals surface area contributed by atoms with Crippen LogP contribution in [0.1, 0.15) is 17.3 Å². The van der Waals surface area contributed by atoms with Gasteiger partial charge in [0.25, 0.3) is 13.3 Å². The molecule has 0 aliphatic heterocycles. The number of carbonyl (C=O) groups excluding carboxylic acids is 1. The number of carbonyl (C=O) groups is 1. The third-order valence-corrected chi connectivity index (χ3v) is 10.8. The molecule has 194 valence electrons. The van der Waals surface area contributed by atoms with Crippen molar-refractivity contribution in [2.45, 2.75) is 16.7 Å². The van der Waals surface area contributed by atoms with Gasteiger partial charge in [-0.2, -0.15) is 0 Å². The number of nitrogens with one attached hydrogen (secondary N) is 1. The molecule has 0 radical (unpaired) electrons. The molecule has 0 aliphatic rings. The Bertz CT molecular complexity index is 1400. The number of hydrogen-bond donors (Lipinski definition) is 1. The zero-order chi connectivity index (χ0) is 27.0. The van der Waals surface area contributed by atoms with Crippen molar-refractivity contribution >= 4 is 65.3 Å². The van der Waals surface area contributed by atoms with E-state index in [1.807, 2.05) is 36.4 Å². The van der Waals surface area contributed by atoms with Crippen molar-refractivity contribution in [3.05, 3.63) is 134 Å². The molecule has 0 aliphatic carbocycles. The molecule has 4 rings (SSSR count). The van der Waals surface area contributed by atoms with Crippen molar-refractivity contribution in [1.82, 2.24) is 5.32 Å². The van der Waals surface area contributed by atoms with Gasteiger partial charge in [-0.15, -0.1) is 0 Å². The third-order valence-electron chi connectivity index (χ3n) is 5.21. The summed E-state index contributed by atoms with van der Waals surface area (Å²) in [7, 11) is -3.75. The van der Waals surface area contributed by atoms with Gasteiger partial charge in [-0.1, -0.05) is 83.1 Å². The number of benzene rings is 4. The Morgan fingerprint density at radius 2 is 1.24 bits per heavy atom. The SMILES string of the molecule is CCO[P@](=O)(C(NC(=O)c1ccccc1)=C(Sc1ccc(Cl)cc1)Sc1ccc(Cl)cc1)c1ccccc1. The fourth-order valence-corrected chi connectivity index (χ4v) is 8.64. The molecule has 4 aromatic carbocycles. The highest BCUT2D eigenvalue weighted by molar-refractivity contribution is 8.22.